The molecule has 0 bridgehead atoms. The van der Waals surface area contributed by atoms with Gasteiger partial charge in [-0.05, 0) is 49.7 Å². The highest BCUT2D eigenvalue weighted by atomic mass is 16.5. The van der Waals surface area contributed by atoms with Gasteiger partial charge in [0.2, 0.25) is 0 Å². The average Bonchev–Trinajstić information content (AvgIpc) is 2.44. The van der Waals surface area contributed by atoms with E-state index < -0.39 is 6.09 Å². The van der Waals surface area contributed by atoms with Crippen molar-refractivity contribution in [2.45, 2.75) is 13.8 Å². The van der Waals surface area contributed by atoms with Gasteiger partial charge in [0, 0.05) is 17.1 Å². The lowest BCUT2D eigenvalue weighted by atomic mass is 10.1. The van der Waals surface area contributed by atoms with Crippen molar-refractivity contribution in [2.75, 3.05) is 17.7 Å². The predicted octanol–water partition coefficient (Wildman–Crippen LogP) is 4.23. The molecule has 0 atom stereocenters. The molecule has 2 aromatic rings. The number of amides is 1. The SMILES string of the molecule is COC(=O)Nc1ccc(Nc2ccc(C)cc2C)cc1. The fraction of sp³-hybridized carbons (Fsp3) is 0.188. The van der Waals surface area contributed by atoms with Crippen molar-refractivity contribution >= 4 is 23.2 Å². The molecular weight excluding hydrogens is 252 g/mol. The number of carbonyl (C=O) groups is 1. The van der Waals surface area contributed by atoms with E-state index >= 15 is 0 Å². The van der Waals surface area contributed by atoms with Crippen molar-refractivity contribution in [2.24, 2.45) is 0 Å². The molecule has 0 aliphatic rings. The number of benzene rings is 2. The van der Waals surface area contributed by atoms with E-state index in [2.05, 4.69) is 47.4 Å². The Kier molecular flexibility index (Phi) is 4.25. The highest BCUT2D eigenvalue weighted by Gasteiger charge is 2.02. The Bertz CT molecular complexity index is 606. The van der Waals surface area contributed by atoms with Gasteiger partial charge in [0.1, 0.15) is 0 Å². The molecule has 0 saturated heterocycles. The Morgan fingerprint density at radius 2 is 1.65 bits per heavy atom. The molecule has 0 saturated carbocycles. The summed E-state index contributed by atoms with van der Waals surface area (Å²) < 4.78 is 4.54. The Hall–Kier alpha value is -2.49. The van der Waals surface area contributed by atoms with Crippen LogP contribution in [0.1, 0.15) is 11.1 Å². The number of methoxy groups -OCH3 is 1. The van der Waals surface area contributed by atoms with Crippen LogP contribution in [-0.2, 0) is 4.74 Å². The summed E-state index contributed by atoms with van der Waals surface area (Å²) >= 11 is 0. The van der Waals surface area contributed by atoms with Crippen molar-refractivity contribution in [1.29, 1.82) is 0 Å². The van der Waals surface area contributed by atoms with Gasteiger partial charge in [0.15, 0.2) is 0 Å². The van der Waals surface area contributed by atoms with Crippen molar-refractivity contribution in [3.63, 3.8) is 0 Å². The van der Waals surface area contributed by atoms with Crippen LogP contribution in [0.25, 0.3) is 0 Å². The molecule has 2 rings (SSSR count). The van der Waals surface area contributed by atoms with Crippen LogP contribution in [-0.4, -0.2) is 13.2 Å². The number of carbonyl (C=O) groups excluding carboxylic acids is 1. The topological polar surface area (TPSA) is 50.4 Å². The molecule has 2 N–H and O–H groups in total. The normalized spacial score (nSPS) is 9.95. The molecule has 0 aliphatic carbocycles. The van der Waals surface area contributed by atoms with E-state index in [1.807, 2.05) is 24.3 Å². The lowest BCUT2D eigenvalue weighted by Crippen LogP contribution is -2.10. The average molecular weight is 270 g/mol. The van der Waals surface area contributed by atoms with Gasteiger partial charge in [-0.2, -0.15) is 0 Å². The van der Waals surface area contributed by atoms with E-state index in [1.54, 1.807) is 0 Å². The number of nitrogens with one attached hydrogen (secondary N) is 2. The fourth-order valence-electron chi connectivity index (χ4n) is 1.92. The summed E-state index contributed by atoms with van der Waals surface area (Å²) in [4.78, 5) is 11.1. The molecule has 0 aliphatic heterocycles. The second-order valence-corrected chi connectivity index (χ2v) is 4.64. The van der Waals surface area contributed by atoms with Crippen molar-refractivity contribution in [3.05, 3.63) is 53.6 Å². The summed E-state index contributed by atoms with van der Waals surface area (Å²) in [6.07, 6.45) is -0.472. The van der Waals surface area contributed by atoms with E-state index in [4.69, 9.17) is 0 Å². The maximum Gasteiger partial charge on any atom is 0.411 e. The number of rotatable bonds is 3. The summed E-state index contributed by atoms with van der Waals surface area (Å²) in [5.74, 6) is 0. The Labute approximate surface area is 118 Å². The van der Waals surface area contributed by atoms with E-state index in [1.165, 1.54) is 18.2 Å². The van der Waals surface area contributed by atoms with Crippen molar-refractivity contribution < 1.29 is 9.53 Å². The molecule has 20 heavy (non-hydrogen) atoms. The van der Waals surface area contributed by atoms with Crippen molar-refractivity contribution in [3.8, 4) is 0 Å². The van der Waals surface area contributed by atoms with Gasteiger partial charge in [-0.25, -0.2) is 4.79 Å². The standard InChI is InChI=1S/C16H18N2O2/c1-11-4-9-15(12(2)10-11)17-13-5-7-14(8-6-13)18-16(19)20-3/h4-10,17H,1-3H3,(H,18,19). The predicted molar refractivity (Wildman–Crippen MR) is 81.7 cm³/mol. The third-order valence-electron chi connectivity index (χ3n) is 2.98. The molecule has 104 valence electrons. The number of anilines is 3. The monoisotopic (exact) mass is 270 g/mol. The van der Waals surface area contributed by atoms with E-state index in [-0.39, 0.29) is 0 Å². The molecule has 0 heterocycles. The van der Waals surface area contributed by atoms with Gasteiger partial charge in [-0.3, -0.25) is 5.32 Å². The Morgan fingerprint density at radius 1 is 1.00 bits per heavy atom. The molecule has 0 aromatic heterocycles. The molecule has 1 amide bonds. The van der Waals surface area contributed by atoms with Crippen LogP contribution in [0.3, 0.4) is 0 Å². The van der Waals surface area contributed by atoms with Crippen LogP contribution in [0.2, 0.25) is 0 Å². The van der Waals surface area contributed by atoms with Crippen LogP contribution in [0, 0.1) is 13.8 Å². The highest BCUT2D eigenvalue weighted by molar-refractivity contribution is 5.84. The third kappa shape index (κ3) is 3.51. The number of ether oxygens (including phenoxy) is 1. The molecular formula is C16H18N2O2. The zero-order valence-electron chi connectivity index (χ0n) is 11.9. The second-order valence-electron chi connectivity index (χ2n) is 4.64. The highest BCUT2D eigenvalue weighted by Crippen LogP contribution is 2.22. The zero-order chi connectivity index (χ0) is 14.5. The minimum absolute atomic E-state index is 0.472. The van der Waals surface area contributed by atoms with Gasteiger partial charge in [-0.1, -0.05) is 17.7 Å². The van der Waals surface area contributed by atoms with Crippen LogP contribution in [0.5, 0.6) is 0 Å². The summed E-state index contributed by atoms with van der Waals surface area (Å²) in [5.41, 5.74) is 5.17. The molecule has 0 fully saturated rings. The van der Waals surface area contributed by atoms with Gasteiger partial charge >= 0.3 is 6.09 Å². The van der Waals surface area contributed by atoms with E-state index in [0.29, 0.717) is 5.69 Å². The number of hydrogen-bond acceptors (Lipinski definition) is 3. The third-order valence-corrected chi connectivity index (χ3v) is 2.98. The van der Waals surface area contributed by atoms with E-state index in [9.17, 15) is 4.79 Å². The molecule has 2 aromatic carbocycles. The quantitative estimate of drug-likeness (QED) is 0.877. The van der Waals surface area contributed by atoms with Crippen LogP contribution in [0.4, 0.5) is 21.9 Å². The zero-order valence-corrected chi connectivity index (χ0v) is 11.9. The maximum atomic E-state index is 11.1. The lowest BCUT2D eigenvalue weighted by Gasteiger charge is -2.11. The van der Waals surface area contributed by atoms with Gasteiger partial charge < -0.3 is 10.1 Å². The molecule has 0 spiro atoms. The Morgan fingerprint density at radius 3 is 2.25 bits per heavy atom. The second kappa shape index (κ2) is 6.10. The summed E-state index contributed by atoms with van der Waals surface area (Å²) in [7, 11) is 1.34. The van der Waals surface area contributed by atoms with Crippen LogP contribution < -0.4 is 10.6 Å². The largest absolute Gasteiger partial charge is 0.453 e. The first-order chi connectivity index (χ1) is 9.58. The number of hydrogen-bond donors (Lipinski definition) is 2. The minimum atomic E-state index is -0.472. The van der Waals surface area contributed by atoms with Crippen molar-refractivity contribution in [1.82, 2.24) is 0 Å². The van der Waals surface area contributed by atoms with Gasteiger partial charge in [0.25, 0.3) is 0 Å². The first-order valence-electron chi connectivity index (χ1n) is 6.38. The maximum absolute atomic E-state index is 11.1. The molecule has 0 unspecified atom stereocenters. The van der Waals surface area contributed by atoms with Gasteiger partial charge in [-0.15, -0.1) is 0 Å². The minimum Gasteiger partial charge on any atom is -0.453 e. The van der Waals surface area contributed by atoms with Gasteiger partial charge in [0.05, 0.1) is 7.11 Å². The summed E-state index contributed by atoms with van der Waals surface area (Å²) in [6, 6.07) is 13.7. The van der Waals surface area contributed by atoms with E-state index in [0.717, 1.165) is 11.4 Å². The Balaban J connectivity index is 2.08. The smallest absolute Gasteiger partial charge is 0.411 e. The summed E-state index contributed by atoms with van der Waals surface area (Å²) in [6.45, 7) is 4.15. The molecule has 0 radical (unpaired) electrons. The number of aryl methyl sites for hydroxylation is 2. The first kappa shape index (κ1) is 13.9. The lowest BCUT2D eigenvalue weighted by molar-refractivity contribution is 0.187. The summed E-state index contributed by atoms with van der Waals surface area (Å²) in [5, 5.41) is 5.96. The molecule has 4 heteroatoms. The fourth-order valence-corrected chi connectivity index (χ4v) is 1.92. The van der Waals surface area contributed by atoms with Crippen LogP contribution >= 0.6 is 0 Å². The molecule has 4 nitrogen and oxygen atoms in total. The first-order valence-corrected chi connectivity index (χ1v) is 6.38. The van der Waals surface area contributed by atoms with Crippen LogP contribution in [0.15, 0.2) is 42.5 Å².